The number of aromatic nitrogens is 3. The van der Waals surface area contributed by atoms with Crippen molar-refractivity contribution in [2.45, 2.75) is 37.2 Å². The van der Waals surface area contributed by atoms with Gasteiger partial charge in [0.25, 0.3) is 0 Å². The Morgan fingerprint density at radius 3 is 2.62 bits per heavy atom. The van der Waals surface area contributed by atoms with Gasteiger partial charge < -0.3 is 4.90 Å². The number of nitrogens with zero attached hydrogens (tertiary/aromatic N) is 5. The molecule has 1 aliphatic heterocycles. The van der Waals surface area contributed by atoms with Crippen molar-refractivity contribution in [2.75, 3.05) is 25.0 Å². The van der Waals surface area contributed by atoms with Gasteiger partial charge in [-0.05, 0) is 31.9 Å². The summed E-state index contributed by atoms with van der Waals surface area (Å²) in [6.07, 6.45) is 6.37. The standard InChI is InChI=1S/C16H23N5O2S/c1-3-21-13-15(12-18-21)24(22,23)19(2)14-7-10-20(11-8-14)16-6-4-5-9-17-16/h4-6,9,12-14H,3,7-8,10-11H2,1-2H3. The lowest BCUT2D eigenvalue weighted by molar-refractivity contribution is 0.311. The van der Waals surface area contributed by atoms with Gasteiger partial charge in [-0.2, -0.15) is 9.40 Å². The molecule has 1 saturated heterocycles. The van der Waals surface area contributed by atoms with Crippen LogP contribution in [0.4, 0.5) is 5.82 Å². The van der Waals surface area contributed by atoms with Crippen molar-refractivity contribution in [3.63, 3.8) is 0 Å². The minimum absolute atomic E-state index is 0.0000567. The van der Waals surface area contributed by atoms with Crippen LogP contribution >= 0.6 is 0 Å². The molecule has 0 saturated carbocycles. The second-order valence-corrected chi connectivity index (χ2v) is 7.96. The average Bonchev–Trinajstić information content (AvgIpc) is 3.12. The third kappa shape index (κ3) is 3.29. The molecular weight excluding hydrogens is 326 g/mol. The Morgan fingerprint density at radius 2 is 2.04 bits per heavy atom. The Kier molecular flexibility index (Phi) is 4.86. The Labute approximate surface area is 143 Å². The lowest BCUT2D eigenvalue weighted by Crippen LogP contribution is -2.45. The quantitative estimate of drug-likeness (QED) is 0.820. The molecular formula is C16H23N5O2S. The van der Waals surface area contributed by atoms with Gasteiger partial charge in [0, 0.05) is 45.1 Å². The monoisotopic (exact) mass is 349 g/mol. The van der Waals surface area contributed by atoms with Crippen LogP contribution in [0.5, 0.6) is 0 Å². The fourth-order valence-electron chi connectivity index (χ4n) is 3.01. The van der Waals surface area contributed by atoms with E-state index in [9.17, 15) is 8.42 Å². The molecule has 0 unspecified atom stereocenters. The number of hydrogen-bond acceptors (Lipinski definition) is 5. The summed E-state index contributed by atoms with van der Waals surface area (Å²) in [6.45, 7) is 4.19. The van der Waals surface area contributed by atoms with E-state index in [1.165, 1.54) is 10.5 Å². The molecule has 2 aromatic rings. The molecule has 0 radical (unpaired) electrons. The highest BCUT2D eigenvalue weighted by atomic mass is 32.2. The van der Waals surface area contributed by atoms with E-state index in [1.54, 1.807) is 24.1 Å². The number of sulfonamides is 1. The predicted octanol–water partition coefficient (Wildman–Crippen LogP) is 1.59. The van der Waals surface area contributed by atoms with Crippen LogP contribution in [0.1, 0.15) is 19.8 Å². The largest absolute Gasteiger partial charge is 0.357 e. The van der Waals surface area contributed by atoms with Gasteiger partial charge in [-0.15, -0.1) is 0 Å². The third-order valence-corrected chi connectivity index (χ3v) is 6.43. The van der Waals surface area contributed by atoms with Crippen LogP contribution < -0.4 is 4.90 Å². The first-order valence-electron chi connectivity index (χ1n) is 8.19. The molecule has 0 bridgehead atoms. The Bertz CT molecular complexity index is 767. The fourth-order valence-corrected chi connectivity index (χ4v) is 4.38. The van der Waals surface area contributed by atoms with Crippen LogP contribution in [0, 0.1) is 0 Å². The minimum atomic E-state index is -3.49. The predicted molar refractivity (Wildman–Crippen MR) is 92.3 cm³/mol. The molecule has 0 aromatic carbocycles. The summed E-state index contributed by atoms with van der Waals surface area (Å²) in [5.41, 5.74) is 0. The van der Waals surface area contributed by atoms with Crippen LogP contribution in [0.25, 0.3) is 0 Å². The van der Waals surface area contributed by atoms with Gasteiger partial charge in [-0.1, -0.05) is 6.07 Å². The Hall–Kier alpha value is -1.93. The van der Waals surface area contributed by atoms with Crippen molar-refractivity contribution < 1.29 is 8.42 Å². The highest BCUT2D eigenvalue weighted by molar-refractivity contribution is 7.89. The van der Waals surface area contributed by atoms with Crippen LogP contribution in [0.3, 0.4) is 0 Å². The lowest BCUT2D eigenvalue weighted by Gasteiger charge is -2.36. The van der Waals surface area contributed by atoms with Crippen molar-refractivity contribution in [2.24, 2.45) is 0 Å². The number of piperidine rings is 1. The van der Waals surface area contributed by atoms with Crippen molar-refractivity contribution in [3.8, 4) is 0 Å². The smallest absolute Gasteiger partial charge is 0.246 e. The van der Waals surface area contributed by atoms with E-state index in [0.717, 1.165) is 31.7 Å². The van der Waals surface area contributed by atoms with E-state index < -0.39 is 10.0 Å². The van der Waals surface area contributed by atoms with Crippen LogP contribution in [0.2, 0.25) is 0 Å². The van der Waals surface area contributed by atoms with Crippen LogP contribution in [-0.2, 0) is 16.6 Å². The van der Waals surface area contributed by atoms with Gasteiger partial charge in [-0.25, -0.2) is 13.4 Å². The molecule has 0 amide bonds. The van der Waals surface area contributed by atoms with E-state index in [2.05, 4.69) is 15.0 Å². The molecule has 0 aliphatic carbocycles. The zero-order chi connectivity index (χ0) is 17.2. The molecule has 7 nitrogen and oxygen atoms in total. The van der Waals surface area contributed by atoms with Crippen molar-refractivity contribution in [1.82, 2.24) is 19.1 Å². The number of pyridine rings is 1. The summed E-state index contributed by atoms with van der Waals surface area (Å²) >= 11 is 0. The maximum absolute atomic E-state index is 12.8. The number of anilines is 1. The zero-order valence-electron chi connectivity index (χ0n) is 14.0. The summed E-state index contributed by atoms with van der Waals surface area (Å²) < 4.78 is 28.6. The molecule has 8 heteroatoms. The fraction of sp³-hybridized carbons (Fsp3) is 0.500. The molecule has 0 atom stereocenters. The van der Waals surface area contributed by atoms with E-state index in [1.807, 2.05) is 25.1 Å². The van der Waals surface area contributed by atoms with E-state index in [4.69, 9.17) is 0 Å². The molecule has 3 rings (SSSR count). The highest BCUT2D eigenvalue weighted by Crippen LogP contribution is 2.24. The van der Waals surface area contributed by atoms with Gasteiger partial charge in [-0.3, -0.25) is 4.68 Å². The molecule has 0 spiro atoms. The van der Waals surface area contributed by atoms with Crippen molar-refractivity contribution >= 4 is 15.8 Å². The first kappa shape index (κ1) is 16.9. The normalized spacial score (nSPS) is 16.7. The molecule has 0 N–H and O–H groups in total. The maximum Gasteiger partial charge on any atom is 0.246 e. The Morgan fingerprint density at radius 1 is 1.29 bits per heavy atom. The first-order chi connectivity index (χ1) is 11.5. The van der Waals surface area contributed by atoms with Crippen molar-refractivity contribution in [1.29, 1.82) is 0 Å². The summed E-state index contributed by atoms with van der Waals surface area (Å²) in [5, 5.41) is 4.07. The van der Waals surface area contributed by atoms with Gasteiger partial charge in [0.15, 0.2) is 0 Å². The number of hydrogen-bond donors (Lipinski definition) is 0. The molecule has 1 aliphatic rings. The molecule has 1 fully saturated rings. The number of aryl methyl sites for hydroxylation is 1. The topological polar surface area (TPSA) is 71.3 Å². The lowest BCUT2D eigenvalue weighted by atomic mass is 10.1. The maximum atomic E-state index is 12.8. The summed E-state index contributed by atoms with van der Waals surface area (Å²) in [5.74, 6) is 0.950. The van der Waals surface area contributed by atoms with Gasteiger partial charge in [0.1, 0.15) is 10.7 Å². The van der Waals surface area contributed by atoms with Crippen LogP contribution in [0.15, 0.2) is 41.7 Å². The first-order valence-corrected chi connectivity index (χ1v) is 9.63. The second-order valence-electron chi connectivity index (χ2n) is 5.96. The van der Waals surface area contributed by atoms with Gasteiger partial charge in [0.2, 0.25) is 10.0 Å². The van der Waals surface area contributed by atoms with Crippen molar-refractivity contribution in [3.05, 3.63) is 36.8 Å². The van der Waals surface area contributed by atoms with Gasteiger partial charge in [0.05, 0.1) is 6.20 Å². The Balaban J connectivity index is 1.67. The minimum Gasteiger partial charge on any atom is -0.357 e. The van der Waals surface area contributed by atoms with E-state index in [-0.39, 0.29) is 10.9 Å². The third-order valence-electron chi connectivity index (χ3n) is 4.56. The molecule has 24 heavy (non-hydrogen) atoms. The molecule has 3 heterocycles. The SMILES string of the molecule is CCn1cc(S(=O)(=O)N(C)C2CCN(c3ccccn3)CC2)cn1. The van der Waals surface area contributed by atoms with E-state index >= 15 is 0 Å². The molecule has 2 aromatic heterocycles. The van der Waals surface area contributed by atoms with Crippen LogP contribution in [-0.4, -0.2) is 53.7 Å². The molecule has 130 valence electrons. The summed E-state index contributed by atoms with van der Waals surface area (Å²) in [7, 11) is -1.83. The average molecular weight is 349 g/mol. The van der Waals surface area contributed by atoms with E-state index in [0.29, 0.717) is 6.54 Å². The zero-order valence-corrected chi connectivity index (χ0v) is 14.9. The van der Waals surface area contributed by atoms with Gasteiger partial charge >= 0.3 is 0 Å². The summed E-state index contributed by atoms with van der Waals surface area (Å²) in [6, 6.07) is 5.85. The summed E-state index contributed by atoms with van der Waals surface area (Å²) in [4.78, 5) is 6.83. The second kappa shape index (κ2) is 6.90. The highest BCUT2D eigenvalue weighted by Gasteiger charge is 2.31. The number of rotatable bonds is 5.